The molecule has 1 aliphatic carbocycles. The molecule has 7 nitrogen and oxygen atoms in total. The van der Waals surface area contributed by atoms with Crippen molar-refractivity contribution < 1.29 is 9.18 Å². The van der Waals surface area contributed by atoms with Crippen molar-refractivity contribution in [1.29, 1.82) is 0 Å². The average Bonchev–Trinajstić information content (AvgIpc) is 2.94. The third-order valence-electron chi connectivity index (χ3n) is 4.66. The van der Waals surface area contributed by atoms with Crippen molar-refractivity contribution in [3.8, 4) is 0 Å². The molecular weight excluding hydrogens is 311 g/mol. The Morgan fingerprint density at radius 1 is 1.29 bits per heavy atom. The minimum absolute atomic E-state index is 0.133. The lowest BCUT2D eigenvalue weighted by Crippen LogP contribution is -2.35. The second-order valence-electron chi connectivity index (χ2n) is 6.32. The standard InChI is InChI=1S/C16H19FN6O/c17-12-7-19-16(20-8-12)22-4-5-23-14(10-22)6-13(21-23)9-18-15(24)11-2-1-3-11/h6-8,11H,1-5,9-10H2,(H,18,24). The van der Waals surface area contributed by atoms with E-state index in [1.807, 2.05) is 15.6 Å². The molecule has 126 valence electrons. The summed E-state index contributed by atoms with van der Waals surface area (Å²) >= 11 is 0. The normalized spacial score (nSPS) is 17.3. The third-order valence-corrected chi connectivity index (χ3v) is 4.66. The fraction of sp³-hybridized carbons (Fsp3) is 0.500. The minimum Gasteiger partial charge on any atom is -0.350 e. The smallest absolute Gasteiger partial charge is 0.225 e. The van der Waals surface area contributed by atoms with Gasteiger partial charge in [0.25, 0.3) is 0 Å². The van der Waals surface area contributed by atoms with Crippen LogP contribution in [0.2, 0.25) is 0 Å². The van der Waals surface area contributed by atoms with Gasteiger partial charge in [-0.15, -0.1) is 0 Å². The second kappa shape index (κ2) is 6.18. The van der Waals surface area contributed by atoms with Crippen molar-refractivity contribution in [2.75, 3.05) is 11.4 Å². The predicted molar refractivity (Wildman–Crippen MR) is 84.5 cm³/mol. The molecule has 24 heavy (non-hydrogen) atoms. The Hall–Kier alpha value is -2.51. The van der Waals surface area contributed by atoms with Gasteiger partial charge in [0.2, 0.25) is 11.9 Å². The molecule has 0 unspecified atom stereocenters. The summed E-state index contributed by atoms with van der Waals surface area (Å²) in [6.45, 7) is 2.51. The zero-order chi connectivity index (χ0) is 16.5. The molecule has 2 aromatic rings. The number of anilines is 1. The summed E-state index contributed by atoms with van der Waals surface area (Å²) in [7, 11) is 0. The van der Waals surface area contributed by atoms with Gasteiger partial charge in [-0.05, 0) is 18.9 Å². The number of amides is 1. The van der Waals surface area contributed by atoms with Gasteiger partial charge in [-0.25, -0.2) is 14.4 Å². The molecule has 0 saturated heterocycles. The molecule has 0 bridgehead atoms. The van der Waals surface area contributed by atoms with Crippen molar-refractivity contribution in [1.82, 2.24) is 25.1 Å². The van der Waals surface area contributed by atoms with E-state index in [0.29, 0.717) is 32.1 Å². The van der Waals surface area contributed by atoms with Crippen LogP contribution in [0.4, 0.5) is 10.3 Å². The topological polar surface area (TPSA) is 75.9 Å². The number of hydrogen-bond donors (Lipinski definition) is 1. The first kappa shape index (κ1) is 15.0. The molecule has 2 aromatic heterocycles. The van der Waals surface area contributed by atoms with E-state index < -0.39 is 5.82 Å². The zero-order valence-electron chi connectivity index (χ0n) is 13.3. The number of fused-ring (bicyclic) bond motifs is 1. The highest BCUT2D eigenvalue weighted by Crippen LogP contribution is 2.26. The maximum atomic E-state index is 12.9. The Kier molecular flexibility index (Phi) is 3.87. The highest BCUT2D eigenvalue weighted by atomic mass is 19.1. The van der Waals surface area contributed by atoms with Crippen molar-refractivity contribution >= 4 is 11.9 Å². The molecule has 0 radical (unpaired) electrons. The van der Waals surface area contributed by atoms with E-state index in [9.17, 15) is 9.18 Å². The molecule has 4 rings (SSSR count). The summed E-state index contributed by atoms with van der Waals surface area (Å²) < 4.78 is 14.9. The predicted octanol–water partition coefficient (Wildman–Crippen LogP) is 1.25. The zero-order valence-corrected chi connectivity index (χ0v) is 13.3. The van der Waals surface area contributed by atoms with Crippen molar-refractivity contribution in [2.45, 2.75) is 38.9 Å². The molecule has 2 aliphatic rings. The summed E-state index contributed by atoms with van der Waals surface area (Å²) in [5.41, 5.74) is 1.90. The molecule has 0 atom stereocenters. The van der Waals surface area contributed by atoms with Crippen LogP contribution < -0.4 is 10.2 Å². The van der Waals surface area contributed by atoms with Gasteiger partial charge in [0.05, 0.1) is 43.4 Å². The van der Waals surface area contributed by atoms with Gasteiger partial charge in [0.15, 0.2) is 5.82 Å². The molecule has 3 heterocycles. The number of carbonyl (C=O) groups excluding carboxylic acids is 1. The number of rotatable bonds is 4. The van der Waals surface area contributed by atoms with Crippen molar-refractivity contribution in [3.63, 3.8) is 0 Å². The Morgan fingerprint density at radius 3 is 2.79 bits per heavy atom. The largest absolute Gasteiger partial charge is 0.350 e. The van der Waals surface area contributed by atoms with Crippen molar-refractivity contribution in [3.05, 3.63) is 35.7 Å². The quantitative estimate of drug-likeness (QED) is 0.913. The van der Waals surface area contributed by atoms with Crippen LogP contribution in [0.3, 0.4) is 0 Å². The maximum Gasteiger partial charge on any atom is 0.225 e. The van der Waals surface area contributed by atoms with Crippen LogP contribution in [0.25, 0.3) is 0 Å². The molecule has 0 spiro atoms. The van der Waals surface area contributed by atoms with Crippen LogP contribution >= 0.6 is 0 Å². The van der Waals surface area contributed by atoms with Crippen molar-refractivity contribution in [2.24, 2.45) is 5.92 Å². The summed E-state index contributed by atoms with van der Waals surface area (Å²) in [6.07, 6.45) is 5.50. The molecule has 1 N–H and O–H groups in total. The molecule has 1 amide bonds. The van der Waals surface area contributed by atoms with E-state index in [2.05, 4.69) is 20.4 Å². The van der Waals surface area contributed by atoms with Gasteiger partial charge in [0.1, 0.15) is 0 Å². The number of aromatic nitrogens is 4. The van der Waals surface area contributed by atoms with Crippen LogP contribution in [0.15, 0.2) is 18.5 Å². The first-order valence-electron chi connectivity index (χ1n) is 8.25. The lowest BCUT2D eigenvalue weighted by molar-refractivity contribution is -0.127. The molecule has 8 heteroatoms. The van der Waals surface area contributed by atoms with E-state index in [1.54, 1.807) is 0 Å². The van der Waals surface area contributed by atoms with E-state index in [-0.39, 0.29) is 11.8 Å². The van der Waals surface area contributed by atoms with Crippen LogP contribution in [0.1, 0.15) is 30.7 Å². The summed E-state index contributed by atoms with van der Waals surface area (Å²) in [4.78, 5) is 22.0. The van der Waals surface area contributed by atoms with E-state index >= 15 is 0 Å². The Balaban J connectivity index is 1.40. The van der Waals surface area contributed by atoms with Gasteiger partial charge in [-0.2, -0.15) is 5.10 Å². The first-order valence-corrected chi connectivity index (χ1v) is 8.25. The van der Waals surface area contributed by atoms with Crippen LogP contribution in [0.5, 0.6) is 0 Å². The van der Waals surface area contributed by atoms with E-state index in [0.717, 1.165) is 30.7 Å². The SMILES string of the molecule is O=C(NCc1cc2n(n1)CCN(c1ncc(F)cn1)C2)C1CCC1. The maximum absolute atomic E-state index is 12.9. The van der Waals surface area contributed by atoms with Crippen LogP contribution in [0, 0.1) is 11.7 Å². The lowest BCUT2D eigenvalue weighted by Gasteiger charge is -2.27. The van der Waals surface area contributed by atoms with Crippen LogP contribution in [-0.4, -0.2) is 32.2 Å². The molecular formula is C16H19FN6O. The summed E-state index contributed by atoms with van der Waals surface area (Å²) in [6, 6.07) is 2.00. The Labute approximate surface area is 138 Å². The highest BCUT2D eigenvalue weighted by molar-refractivity contribution is 5.79. The van der Waals surface area contributed by atoms with Gasteiger partial charge >= 0.3 is 0 Å². The first-order chi connectivity index (χ1) is 11.7. The number of halogens is 1. The number of carbonyl (C=O) groups is 1. The number of nitrogens with one attached hydrogen (secondary N) is 1. The number of hydrogen-bond acceptors (Lipinski definition) is 5. The summed E-state index contributed by atoms with van der Waals surface area (Å²) in [5.74, 6) is 0.399. The Morgan fingerprint density at radius 2 is 2.08 bits per heavy atom. The molecule has 1 aliphatic heterocycles. The monoisotopic (exact) mass is 330 g/mol. The Bertz CT molecular complexity index is 740. The molecule has 1 fully saturated rings. The van der Waals surface area contributed by atoms with Gasteiger partial charge in [-0.1, -0.05) is 6.42 Å². The number of nitrogens with zero attached hydrogens (tertiary/aromatic N) is 5. The minimum atomic E-state index is -0.440. The van der Waals surface area contributed by atoms with Gasteiger partial charge < -0.3 is 10.2 Å². The highest BCUT2D eigenvalue weighted by Gasteiger charge is 2.25. The fourth-order valence-electron chi connectivity index (χ4n) is 3.04. The third kappa shape index (κ3) is 2.95. The second-order valence-corrected chi connectivity index (χ2v) is 6.32. The van der Waals surface area contributed by atoms with Gasteiger partial charge in [0, 0.05) is 12.5 Å². The summed E-state index contributed by atoms with van der Waals surface area (Å²) in [5, 5.41) is 7.51. The molecule has 1 saturated carbocycles. The fourth-order valence-corrected chi connectivity index (χ4v) is 3.04. The van der Waals surface area contributed by atoms with E-state index in [1.165, 1.54) is 12.4 Å². The lowest BCUT2D eigenvalue weighted by atomic mass is 9.85. The average molecular weight is 330 g/mol. The van der Waals surface area contributed by atoms with Gasteiger partial charge in [-0.3, -0.25) is 9.48 Å². The van der Waals surface area contributed by atoms with Crippen LogP contribution in [-0.2, 0) is 24.4 Å². The van der Waals surface area contributed by atoms with E-state index in [4.69, 9.17) is 0 Å². The molecule has 0 aromatic carbocycles.